The first-order chi connectivity index (χ1) is 9.11. The van der Waals surface area contributed by atoms with Gasteiger partial charge in [-0.05, 0) is 25.2 Å². The first-order valence-electron chi connectivity index (χ1n) is 6.98. The fraction of sp³-hybridized carbons (Fsp3) is 0.643. The molecule has 106 valence electrons. The fourth-order valence-corrected chi connectivity index (χ4v) is 2.47. The molecular formula is C14H21F2N3. The molecule has 1 saturated carbocycles. The molecule has 1 aromatic rings. The molecule has 0 radical (unpaired) electrons. The molecule has 1 aliphatic carbocycles. The van der Waals surface area contributed by atoms with Gasteiger partial charge in [0.2, 0.25) is 0 Å². The molecule has 0 aliphatic heterocycles. The van der Waals surface area contributed by atoms with Crippen LogP contribution in [0.4, 0.5) is 20.4 Å². The van der Waals surface area contributed by atoms with Crippen molar-refractivity contribution in [1.82, 2.24) is 4.98 Å². The summed E-state index contributed by atoms with van der Waals surface area (Å²) in [6, 6.07) is 1.12. The predicted octanol–water partition coefficient (Wildman–Crippen LogP) is 3.78. The molecule has 3 nitrogen and oxygen atoms in total. The molecule has 1 aliphatic rings. The van der Waals surface area contributed by atoms with Gasteiger partial charge in [0, 0.05) is 18.7 Å². The normalized spacial score (nSPS) is 22.5. The average Bonchev–Trinajstić information content (AvgIpc) is 2.77. The van der Waals surface area contributed by atoms with Crippen molar-refractivity contribution in [3.05, 3.63) is 17.7 Å². The van der Waals surface area contributed by atoms with Crippen molar-refractivity contribution in [2.45, 2.75) is 45.6 Å². The lowest BCUT2D eigenvalue weighted by Crippen LogP contribution is -2.23. The topological polar surface area (TPSA) is 37.0 Å². The zero-order valence-electron chi connectivity index (χ0n) is 11.5. The summed E-state index contributed by atoms with van der Waals surface area (Å²) in [6.45, 7) is 4.74. The van der Waals surface area contributed by atoms with Gasteiger partial charge in [-0.25, -0.2) is 13.8 Å². The molecule has 2 atom stereocenters. The lowest BCUT2D eigenvalue weighted by atomic mass is 10.1. The van der Waals surface area contributed by atoms with Gasteiger partial charge < -0.3 is 10.6 Å². The highest BCUT2D eigenvalue weighted by atomic mass is 19.1. The second-order valence-electron chi connectivity index (χ2n) is 5.24. The molecule has 1 fully saturated rings. The van der Waals surface area contributed by atoms with E-state index >= 15 is 0 Å². The molecule has 0 saturated heterocycles. The zero-order valence-corrected chi connectivity index (χ0v) is 11.5. The van der Waals surface area contributed by atoms with Crippen LogP contribution in [0.15, 0.2) is 6.07 Å². The first-order valence-corrected chi connectivity index (χ1v) is 6.98. The molecule has 2 N–H and O–H groups in total. The number of rotatable bonds is 5. The maximum absolute atomic E-state index is 13.7. The van der Waals surface area contributed by atoms with Crippen molar-refractivity contribution < 1.29 is 8.78 Å². The lowest BCUT2D eigenvalue weighted by molar-refractivity contribution is 0.541. The Labute approximate surface area is 112 Å². The van der Waals surface area contributed by atoms with Gasteiger partial charge in [-0.1, -0.05) is 20.3 Å². The van der Waals surface area contributed by atoms with Gasteiger partial charge in [0.1, 0.15) is 0 Å². The van der Waals surface area contributed by atoms with Gasteiger partial charge in [0.15, 0.2) is 23.3 Å². The van der Waals surface area contributed by atoms with Crippen LogP contribution < -0.4 is 10.6 Å². The summed E-state index contributed by atoms with van der Waals surface area (Å²) in [5, 5.41) is 5.98. The maximum atomic E-state index is 13.7. The summed E-state index contributed by atoms with van der Waals surface area (Å²) in [7, 11) is 0. The second-order valence-corrected chi connectivity index (χ2v) is 5.24. The van der Waals surface area contributed by atoms with E-state index in [1.165, 1.54) is 0 Å². The standard InChI is InChI=1S/C14H21F2N3/c1-3-7-17-13-10(15)8-11(16)14(19-13)18-12-6-4-5-9(12)2/h8-9,12H,3-7H2,1-2H3,(H2,17,18,19). The van der Waals surface area contributed by atoms with Crippen LogP contribution in [-0.2, 0) is 0 Å². The highest BCUT2D eigenvalue weighted by Gasteiger charge is 2.25. The molecule has 0 aromatic carbocycles. The number of hydrogen-bond donors (Lipinski definition) is 2. The molecule has 19 heavy (non-hydrogen) atoms. The Kier molecular flexibility index (Phi) is 4.56. The van der Waals surface area contributed by atoms with E-state index in [0.717, 1.165) is 31.7 Å². The summed E-state index contributed by atoms with van der Waals surface area (Å²) in [5.74, 6) is -0.497. The highest BCUT2D eigenvalue weighted by molar-refractivity contribution is 5.48. The number of hydrogen-bond acceptors (Lipinski definition) is 3. The number of nitrogens with zero attached hydrogens (tertiary/aromatic N) is 1. The SMILES string of the molecule is CCCNc1nc(NC2CCCC2C)c(F)cc1F. The molecule has 2 unspecified atom stereocenters. The largest absolute Gasteiger partial charge is 0.368 e. The monoisotopic (exact) mass is 269 g/mol. The van der Waals surface area contributed by atoms with Crippen molar-refractivity contribution in [3.63, 3.8) is 0 Å². The molecular weight excluding hydrogens is 248 g/mol. The first kappa shape index (κ1) is 14.0. The van der Waals surface area contributed by atoms with E-state index < -0.39 is 11.6 Å². The minimum atomic E-state index is -0.643. The number of halogens is 2. The van der Waals surface area contributed by atoms with E-state index in [1.54, 1.807) is 0 Å². The Morgan fingerprint density at radius 2 is 2.00 bits per heavy atom. The van der Waals surface area contributed by atoms with Crippen LogP contribution in [0, 0.1) is 17.6 Å². The van der Waals surface area contributed by atoms with Gasteiger partial charge in [-0.3, -0.25) is 0 Å². The van der Waals surface area contributed by atoms with Gasteiger partial charge in [0.05, 0.1) is 0 Å². The smallest absolute Gasteiger partial charge is 0.168 e. The Bertz CT molecular complexity index is 437. The molecule has 0 amide bonds. The molecule has 1 aromatic heterocycles. The van der Waals surface area contributed by atoms with Crippen LogP contribution in [0.25, 0.3) is 0 Å². The molecule has 2 rings (SSSR count). The summed E-state index contributed by atoms with van der Waals surface area (Å²) >= 11 is 0. The second kappa shape index (κ2) is 6.17. The van der Waals surface area contributed by atoms with Gasteiger partial charge >= 0.3 is 0 Å². The Morgan fingerprint density at radius 1 is 1.26 bits per heavy atom. The van der Waals surface area contributed by atoms with Crippen molar-refractivity contribution in [2.24, 2.45) is 5.92 Å². The average molecular weight is 269 g/mol. The van der Waals surface area contributed by atoms with E-state index in [4.69, 9.17) is 0 Å². The Morgan fingerprint density at radius 3 is 2.63 bits per heavy atom. The molecule has 1 heterocycles. The third kappa shape index (κ3) is 3.33. The van der Waals surface area contributed by atoms with Crippen LogP contribution in [0.1, 0.15) is 39.5 Å². The van der Waals surface area contributed by atoms with Gasteiger partial charge in [0.25, 0.3) is 0 Å². The number of pyridine rings is 1. The third-order valence-electron chi connectivity index (χ3n) is 3.66. The van der Waals surface area contributed by atoms with Crippen LogP contribution in [0.3, 0.4) is 0 Å². The number of nitrogens with one attached hydrogen (secondary N) is 2. The lowest BCUT2D eigenvalue weighted by Gasteiger charge is -2.19. The fourth-order valence-electron chi connectivity index (χ4n) is 2.47. The quantitative estimate of drug-likeness (QED) is 0.854. The summed E-state index contributed by atoms with van der Waals surface area (Å²) in [5.41, 5.74) is 0. The van der Waals surface area contributed by atoms with Crippen LogP contribution in [0.5, 0.6) is 0 Å². The zero-order chi connectivity index (χ0) is 13.8. The van der Waals surface area contributed by atoms with Crippen molar-refractivity contribution in [1.29, 1.82) is 0 Å². The van der Waals surface area contributed by atoms with Crippen LogP contribution >= 0.6 is 0 Å². The summed E-state index contributed by atoms with van der Waals surface area (Å²) in [4.78, 5) is 4.04. The van der Waals surface area contributed by atoms with E-state index in [-0.39, 0.29) is 17.7 Å². The summed E-state index contributed by atoms with van der Waals surface area (Å²) in [6.07, 6.45) is 4.16. The Balaban J connectivity index is 2.14. The van der Waals surface area contributed by atoms with E-state index in [2.05, 4.69) is 22.5 Å². The summed E-state index contributed by atoms with van der Waals surface area (Å²) < 4.78 is 27.3. The van der Waals surface area contributed by atoms with E-state index in [9.17, 15) is 8.78 Å². The predicted molar refractivity (Wildman–Crippen MR) is 73.4 cm³/mol. The minimum absolute atomic E-state index is 0.122. The van der Waals surface area contributed by atoms with Crippen LogP contribution in [-0.4, -0.2) is 17.6 Å². The van der Waals surface area contributed by atoms with Crippen molar-refractivity contribution in [3.8, 4) is 0 Å². The van der Waals surface area contributed by atoms with Gasteiger partial charge in [-0.2, -0.15) is 0 Å². The molecule has 0 bridgehead atoms. The molecule has 0 spiro atoms. The molecule has 5 heteroatoms. The van der Waals surface area contributed by atoms with Crippen molar-refractivity contribution >= 4 is 11.6 Å². The Hall–Kier alpha value is -1.39. The number of anilines is 2. The third-order valence-corrected chi connectivity index (χ3v) is 3.66. The van der Waals surface area contributed by atoms with Crippen molar-refractivity contribution in [2.75, 3.05) is 17.2 Å². The van der Waals surface area contributed by atoms with E-state index in [1.807, 2.05) is 6.92 Å². The highest BCUT2D eigenvalue weighted by Crippen LogP contribution is 2.29. The number of aromatic nitrogens is 1. The minimum Gasteiger partial charge on any atom is -0.368 e. The van der Waals surface area contributed by atoms with Crippen LogP contribution in [0.2, 0.25) is 0 Å². The van der Waals surface area contributed by atoms with Gasteiger partial charge in [-0.15, -0.1) is 0 Å². The van der Waals surface area contributed by atoms with E-state index in [0.29, 0.717) is 12.5 Å². The maximum Gasteiger partial charge on any atom is 0.168 e.